The van der Waals surface area contributed by atoms with E-state index in [1.54, 1.807) is 7.11 Å². The molecule has 0 aliphatic carbocycles. The third-order valence-electron chi connectivity index (χ3n) is 4.45. The molecule has 136 valence electrons. The van der Waals surface area contributed by atoms with E-state index >= 15 is 0 Å². The number of aromatic nitrogens is 2. The standard InChI is InChI=1S/C21H25N3O2/c1-14(2)24-18-11-7-6-10-17(18)23-21(24)15(3)22-20(25)13-16-9-5-8-12-19(16)26-4/h5-12,14-15H,13H2,1-4H3,(H,22,25)/t15-/m1/s1. The van der Waals surface area contributed by atoms with Crippen molar-refractivity contribution < 1.29 is 9.53 Å². The quantitative estimate of drug-likeness (QED) is 0.729. The molecule has 0 spiro atoms. The molecule has 5 nitrogen and oxygen atoms in total. The highest BCUT2D eigenvalue weighted by atomic mass is 16.5. The number of nitrogens with one attached hydrogen (secondary N) is 1. The van der Waals surface area contributed by atoms with E-state index in [1.165, 1.54) is 0 Å². The number of rotatable bonds is 6. The van der Waals surface area contributed by atoms with Crippen LogP contribution in [-0.2, 0) is 11.2 Å². The minimum atomic E-state index is -0.188. The second kappa shape index (κ2) is 7.60. The largest absolute Gasteiger partial charge is 0.496 e. The number of amides is 1. The minimum Gasteiger partial charge on any atom is -0.496 e. The van der Waals surface area contributed by atoms with Crippen molar-refractivity contribution in [1.29, 1.82) is 0 Å². The van der Waals surface area contributed by atoms with Crippen molar-refractivity contribution in [3.05, 3.63) is 59.9 Å². The van der Waals surface area contributed by atoms with Crippen LogP contribution in [0.3, 0.4) is 0 Å². The molecule has 1 aromatic heterocycles. The normalized spacial score (nSPS) is 12.3. The zero-order valence-electron chi connectivity index (χ0n) is 15.7. The van der Waals surface area contributed by atoms with E-state index in [0.717, 1.165) is 28.2 Å². The van der Waals surface area contributed by atoms with E-state index in [1.807, 2.05) is 49.4 Å². The van der Waals surface area contributed by atoms with E-state index in [4.69, 9.17) is 9.72 Å². The van der Waals surface area contributed by atoms with Gasteiger partial charge < -0.3 is 14.6 Å². The van der Waals surface area contributed by atoms with Crippen molar-refractivity contribution in [2.75, 3.05) is 7.11 Å². The van der Waals surface area contributed by atoms with Crippen LogP contribution >= 0.6 is 0 Å². The maximum atomic E-state index is 12.6. The maximum Gasteiger partial charge on any atom is 0.225 e. The molecule has 0 bridgehead atoms. The number of carbonyl (C=O) groups excluding carboxylic acids is 1. The third-order valence-corrected chi connectivity index (χ3v) is 4.45. The summed E-state index contributed by atoms with van der Waals surface area (Å²) in [5.41, 5.74) is 2.91. The Balaban J connectivity index is 1.81. The lowest BCUT2D eigenvalue weighted by atomic mass is 10.1. The van der Waals surface area contributed by atoms with E-state index in [0.29, 0.717) is 0 Å². The number of hydrogen-bond acceptors (Lipinski definition) is 3. The van der Waals surface area contributed by atoms with E-state index in [-0.39, 0.29) is 24.4 Å². The van der Waals surface area contributed by atoms with Crippen LogP contribution in [0.25, 0.3) is 11.0 Å². The summed E-state index contributed by atoms with van der Waals surface area (Å²) in [5.74, 6) is 1.55. The van der Waals surface area contributed by atoms with Crippen LogP contribution in [0.1, 0.15) is 44.2 Å². The molecule has 3 aromatic rings. The fourth-order valence-corrected chi connectivity index (χ4v) is 3.29. The highest BCUT2D eigenvalue weighted by Gasteiger charge is 2.20. The average Bonchev–Trinajstić information content (AvgIpc) is 3.02. The highest BCUT2D eigenvalue weighted by Crippen LogP contribution is 2.25. The molecule has 0 unspecified atom stereocenters. The molecule has 1 heterocycles. The number of methoxy groups -OCH3 is 1. The van der Waals surface area contributed by atoms with Crippen LogP contribution in [0.2, 0.25) is 0 Å². The van der Waals surface area contributed by atoms with Crippen molar-refractivity contribution in [2.45, 2.75) is 39.3 Å². The summed E-state index contributed by atoms with van der Waals surface area (Å²) in [6.07, 6.45) is 0.274. The van der Waals surface area contributed by atoms with Gasteiger partial charge in [-0.25, -0.2) is 4.98 Å². The van der Waals surface area contributed by atoms with Crippen LogP contribution in [-0.4, -0.2) is 22.6 Å². The van der Waals surface area contributed by atoms with Gasteiger partial charge in [-0.1, -0.05) is 30.3 Å². The van der Waals surface area contributed by atoms with Crippen molar-refractivity contribution in [2.24, 2.45) is 0 Å². The molecule has 0 saturated heterocycles. The predicted octanol–water partition coefficient (Wildman–Crippen LogP) is 4.05. The van der Waals surface area contributed by atoms with Gasteiger partial charge in [0.05, 0.1) is 30.6 Å². The lowest BCUT2D eigenvalue weighted by molar-refractivity contribution is -0.121. The van der Waals surface area contributed by atoms with Crippen molar-refractivity contribution >= 4 is 16.9 Å². The molecule has 26 heavy (non-hydrogen) atoms. The maximum absolute atomic E-state index is 12.6. The van der Waals surface area contributed by atoms with Crippen molar-refractivity contribution in [3.63, 3.8) is 0 Å². The number of benzene rings is 2. The molecule has 0 radical (unpaired) electrons. The average molecular weight is 351 g/mol. The summed E-state index contributed by atoms with van der Waals surface area (Å²) in [6, 6.07) is 15.7. The first-order valence-corrected chi connectivity index (χ1v) is 8.89. The van der Waals surface area contributed by atoms with Gasteiger partial charge in [-0.2, -0.15) is 0 Å². The summed E-state index contributed by atoms with van der Waals surface area (Å²) in [7, 11) is 1.62. The number of para-hydroxylation sites is 3. The molecule has 5 heteroatoms. The predicted molar refractivity (Wildman–Crippen MR) is 103 cm³/mol. The minimum absolute atomic E-state index is 0.0515. The Bertz CT molecular complexity index is 915. The molecule has 0 saturated carbocycles. The topological polar surface area (TPSA) is 56.1 Å². The Labute approximate surface area is 154 Å². The van der Waals surface area contributed by atoms with Crippen molar-refractivity contribution in [1.82, 2.24) is 14.9 Å². The van der Waals surface area contributed by atoms with Gasteiger partial charge >= 0.3 is 0 Å². The first-order chi connectivity index (χ1) is 12.5. The van der Waals surface area contributed by atoms with E-state index < -0.39 is 0 Å². The van der Waals surface area contributed by atoms with Gasteiger partial charge in [-0.15, -0.1) is 0 Å². The first kappa shape index (κ1) is 18.0. The van der Waals surface area contributed by atoms with Gasteiger partial charge in [-0.3, -0.25) is 4.79 Å². The molecule has 1 amide bonds. The number of ether oxygens (including phenoxy) is 1. The molecular formula is C21H25N3O2. The Morgan fingerprint density at radius 2 is 1.81 bits per heavy atom. The molecule has 1 atom stereocenters. The summed E-state index contributed by atoms with van der Waals surface area (Å²) in [6.45, 7) is 6.22. The zero-order chi connectivity index (χ0) is 18.7. The van der Waals surface area contributed by atoms with Gasteiger partial charge in [-0.05, 0) is 39.0 Å². The fourth-order valence-electron chi connectivity index (χ4n) is 3.29. The lowest BCUT2D eigenvalue weighted by Crippen LogP contribution is -2.30. The molecule has 0 aliphatic rings. The number of fused-ring (bicyclic) bond motifs is 1. The summed E-state index contributed by atoms with van der Waals surface area (Å²) in [5, 5.41) is 3.07. The molecule has 0 aliphatic heterocycles. The smallest absolute Gasteiger partial charge is 0.225 e. The molecule has 1 N–H and O–H groups in total. The Morgan fingerprint density at radius 3 is 2.54 bits per heavy atom. The second-order valence-electron chi connectivity index (χ2n) is 6.70. The Kier molecular flexibility index (Phi) is 5.26. The monoisotopic (exact) mass is 351 g/mol. The van der Waals surface area contributed by atoms with Gasteiger partial charge in [0.1, 0.15) is 11.6 Å². The summed E-state index contributed by atoms with van der Waals surface area (Å²) >= 11 is 0. The first-order valence-electron chi connectivity index (χ1n) is 8.89. The Morgan fingerprint density at radius 1 is 1.12 bits per heavy atom. The SMILES string of the molecule is COc1ccccc1CC(=O)N[C@H](C)c1nc2ccccc2n1C(C)C. The van der Waals surface area contributed by atoms with Crippen LogP contribution < -0.4 is 10.1 Å². The van der Waals surface area contributed by atoms with Crippen LogP contribution in [0.15, 0.2) is 48.5 Å². The second-order valence-corrected chi connectivity index (χ2v) is 6.70. The summed E-state index contributed by atoms with van der Waals surface area (Å²) < 4.78 is 7.51. The fraction of sp³-hybridized carbons (Fsp3) is 0.333. The molecular weight excluding hydrogens is 326 g/mol. The molecule has 2 aromatic carbocycles. The van der Waals surface area contributed by atoms with Crippen LogP contribution in [0, 0.1) is 0 Å². The zero-order valence-corrected chi connectivity index (χ0v) is 15.7. The van der Waals surface area contributed by atoms with Gasteiger partial charge in [0, 0.05) is 11.6 Å². The van der Waals surface area contributed by atoms with Gasteiger partial charge in [0.25, 0.3) is 0 Å². The Hall–Kier alpha value is -2.82. The van der Waals surface area contributed by atoms with E-state index in [2.05, 4.69) is 29.8 Å². The summed E-state index contributed by atoms with van der Waals surface area (Å²) in [4.78, 5) is 17.3. The van der Waals surface area contributed by atoms with Gasteiger partial charge in [0.15, 0.2) is 0 Å². The van der Waals surface area contributed by atoms with Crippen LogP contribution in [0.4, 0.5) is 0 Å². The van der Waals surface area contributed by atoms with Crippen molar-refractivity contribution in [3.8, 4) is 5.75 Å². The third kappa shape index (κ3) is 3.57. The number of carbonyl (C=O) groups is 1. The van der Waals surface area contributed by atoms with Gasteiger partial charge in [0.2, 0.25) is 5.91 Å². The van der Waals surface area contributed by atoms with Crippen LogP contribution in [0.5, 0.6) is 5.75 Å². The number of nitrogens with zero attached hydrogens (tertiary/aromatic N) is 2. The molecule has 0 fully saturated rings. The number of imidazole rings is 1. The van der Waals surface area contributed by atoms with E-state index in [9.17, 15) is 4.79 Å². The number of hydrogen-bond donors (Lipinski definition) is 1. The molecule has 3 rings (SSSR count). The lowest BCUT2D eigenvalue weighted by Gasteiger charge is -2.19. The highest BCUT2D eigenvalue weighted by molar-refractivity contribution is 5.80.